The van der Waals surface area contributed by atoms with Crippen molar-refractivity contribution in [2.75, 3.05) is 0 Å². The zero-order valence-electron chi connectivity index (χ0n) is 13.6. The lowest BCUT2D eigenvalue weighted by atomic mass is 10.3. The van der Waals surface area contributed by atoms with Gasteiger partial charge in [-0.25, -0.2) is 9.97 Å². The molecule has 0 N–H and O–H groups in total. The van der Waals surface area contributed by atoms with Crippen molar-refractivity contribution in [3.63, 3.8) is 0 Å². The molecule has 26 heavy (non-hydrogen) atoms. The first kappa shape index (κ1) is 16.4. The third-order valence-corrected chi connectivity index (χ3v) is 5.35. The number of thiophene rings is 2. The zero-order chi connectivity index (χ0) is 17.8. The lowest BCUT2D eigenvalue weighted by Gasteiger charge is -2.00. The summed E-state index contributed by atoms with van der Waals surface area (Å²) < 4.78 is 3.89. The Hall–Kier alpha value is -3.03. The van der Waals surface area contributed by atoms with Gasteiger partial charge in [0.1, 0.15) is 21.7 Å². The molecule has 0 amide bonds. The molecule has 4 rings (SSSR count). The van der Waals surface area contributed by atoms with Gasteiger partial charge in [0.25, 0.3) is 0 Å². The summed E-state index contributed by atoms with van der Waals surface area (Å²) in [5.74, 6) is 1.31. The molecular weight excluding hydrogens is 364 g/mol. The number of imidazole rings is 2. The van der Waals surface area contributed by atoms with Crippen molar-refractivity contribution in [1.82, 2.24) is 19.1 Å². The Kier molecular flexibility index (Phi) is 4.72. The topological polar surface area (TPSA) is 52.7 Å². The highest BCUT2D eigenvalue weighted by molar-refractivity contribution is 7.12. The maximum atomic E-state index is 12.2. The van der Waals surface area contributed by atoms with E-state index in [0.717, 1.165) is 10.0 Å². The number of hydrogen-bond acceptors (Lipinski definition) is 5. The standard InChI is InChI=1S/C19H14N4OS2/c24-15(5-7-16-20-9-11-22(16)18-3-1-13-25-18)6-8-17-21-10-12-23(17)19-4-2-14-26-19/h1-14H/b7-5+,8-6+. The van der Waals surface area contributed by atoms with E-state index >= 15 is 0 Å². The molecule has 0 aliphatic heterocycles. The summed E-state index contributed by atoms with van der Waals surface area (Å²) in [5, 5.41) is 6.13. The molecule has 128 valence electrons. The van der Waals surface area contributed by atoms with Crippen LogP contribution in [0.5, 0.6) is 0 Å². The maximum Gasteiger partial charge on any atom is 0.178 e. The van der Waals surface area contributed by atoms with Crippen LogP contribution in [0.1, 0.15) is 11.6 Å². The largest absolute Gasteiger partial charge is 0.291 e. The third-order valence-electron chi connectivity index (χ3n) is 3.62. The second kappa shape index (κ2) is 7.47. The zero-order valence-corrected chi connectivity index (χ0v) is 15.2. The van der Waals surface area contributed by atoms with E-state index in [9.17, 15) is 4.79 Å². The van der Waals surface area contributed by atoms with Crippen molar-refractivity contribution >= 4 is 40.6 Å². The Morgan fingerprint density at radius 2 is 1.35 bits per heavy atom. The van der Waals surface area contributed by atoms with Gasteiger partial charge in [0.05, 0.1) is 0 Å². The minimum absolute atomic E-state index is 0.119. The normalized spacial score (nSPS) is 11.7. The molecule has 4 aromatic heterocycles. The van der Waals surface area contributed by atoms with E-state index in [0.29, 0.717) is 11.6 Å². The molecule has 5 nitrogen and oxygen atoms in total. The molecule has 0 unspecified atom stereocenters. The van der Waals surface area contributed by atoms with E-state index in [4.69, 9.17) is 0 Å². The monoisotopic (exact) mass is 378 g/mol. The fourth-order valence-corrected chi connectivity index (χ4v) is 3.88. The third kappa shape index (κ3) is 3.49. The molecule has 0 bridgehead atoms. The molecular formula is C19H14N4OS2. The van der Waals surface area contributed by atoms with E-state index in [1.54, 1.807) is 47.2 Å². The van der Waals surface area contributed by atoms with Gasteiger partial charge >= 0.3 is 0 Å². The van der Waals surface area contributed by atoms with Gasteiger partial charge in [0, 0.05) is 24.8 Å². The van der Waals surface area contributed by atoms with E-state index < -0.39 is 0 Å². The average molecular weight is 378 g/mol. The fourth-order valence-electron chi connectivity index (χ4n) is 2.43. The Morgan fingerprint density at radius 1 is 0.846 bits per heavy atom. The molecule has 0 aliphatic rings. The van der Waals surface area contributed by atoms with Crippen LogP contribution in [0.2, 0.25) is 0 Å². The highest BCUT2D eigenvalue weighted by Crippen LogP contribution is 2.18. The second-order valence-corrected chi connectivity index (χ2v) is 7.13. The van der Waals surface area contributed by atoms with Crippen LogP contribution in [-0.2, 0) is 4.79 Å². The van der Waals surface area contributed by atoms with Gasteiger partial charge in [-0.1, -0.05) is 0 Å². The SMILES string of the molecule is O=C(/C=C/c1nccn1-c1cccs1)/C=C/c1nccn1-c1cccs1. The first-order valence-corrected chi connectivity index (χ1v) is 9.62. The molecule has 7 heteroatoms. The smallest absolute Gasteiger partial charge is 0.178 e. The van der Waals surface area contributed by atoms with Crippen LogP contribution in [-0.4, -0.2) is 24.9 Å². The van der Waals surface area contributed by atoms with Crippen LogP contribution in [0.3, 0.4) is 0 Å². The first-order chi connectivity index (χ1) is 12.8. The quantitative estimate of drug-likeness (QED) is 0.465. The molecule has 4 heterocycles. The van der Waals surface area contributed by atoms with Crippen LogP contribution in [0.4, 0.5) is 0 Å². The summed E-state index contributed by atoms with van der Waals surface area (Å²) in [5.41, 5.74) is 0. The Morgan fingerprint density at radius 3 is 1.77 bits per heavy atom. The van der Waals surface area contributed by atoms with Crippen molar-refractivity contribution in [2.45, 2.75) is 0 Å². The Balaban J connectivity index is 1.49. The summed E-state index contributed by atoms with van der Waals surface area (Å²) in [6.07, 6.45) is 13.7. The molecule has 0 saturated carbocycles. The minimum atomic E-state index is -0.119. The summed E-state index contributed by atoms with van der Waals surface area (Å²) in [7, 11) is 0. The van der Waals surface area contributed by atoms with E-state index in [-0.39, 0.29) is 5.78 Å². The average Bonchev–Trinajstić information content (AvgIpc) is 3.44. The van der Waals surface area contributed by atoms with Gasteiger partial charge in [-0.3, -0.25) is 13.9 Å². The highest BCUT2D eigenvalue weighted by atomic mass is 32.1. The Labute approximate surface area is 158 Å². The minimum Gasteiger partial charge on any atom is -0.291 e. The number of rotatable bonds is 6. The fraction of sp³-hybridized carbons (Fsp3) is 0. The molecule has 0 aliphatic carbocycles. The number of ketones is 1. The molecule has 0 saturated heterocycles. The van der Waals surface area contributed by atoms with Crippen LogP contribution < -0.4 is 0 Å². The lowest BCUT2D eigenvalue weighted by molar-refractivity contribution is -0.110. The van der Waals surface area contributed by atoms with Gasteiger partial charge in [0.15, 0.2) is 5.78 Å². The second-order valence-electron chi connectivity index (χ2n) is 5.28. The molecule has 0 aromatic carbocycles. The van der Waals surface area contributed by atoms with E-state index in [1.165, 1.54) is 12.2 Å². The van der Waals surface area contributed by atoms with E-state index in [1.807, 2.05) is 56.6 Å². The number of carbonyl (C=O) groups is 1. The van der Waals surface area contributed by atoms with Crippen molar-refractivity contribution in [3.8, 4) is 10.0 Å². The highest BCUT2D eigenvalue weighted by Gasteiger charge is 2.04. The van der Waals surface area contributed by atoms with Crippen LogP contribution >= 0.6 is 22.7 Å². The van der Waals surface area contributed by atoms with Gasteiger partial charge in [-0.15, -0.1) is 22.7 Å². The van der Waals surface area contributed by atoms with Crippen molar-refractivity contribution in [1.29, 1.82) is 0 Å². The number of hydrogen-bond donors (Lipinski definition) is 0. The van der Waals surface area contributed by atoms with Crippen molar-refractivity contribution in [3.05, 3.63) is 83.6 Å². The van der Waals surface area contributed by atoms with Gasteiger partial charge in [-0.05, 0) is 59.3 Å². The van der Waals surface area contributed by atoms with Crippen molar-refractivity contribution in [2.24, 2.45) is 0 Å². The molecule has 4 aromatic rings. The summed E-state index contributed by atoms with van der Waals surface area (Å²) in [6.45, 7) is 0. The van der Waals surface area contributed by atoms with E-state index in [2.05, 4.69) is 9.97 Å². The Bertz CT molecular complexity index is 969. The van der Waals surface area contributed by atoms with Gasteiger partial charge in [-0.2, -0.15) is 0 Å². The predicted octanol–water partition coefficient (Wildman–Crippen LogP) is 4.48. The summed E-state index contributed by atoms with van der Waals surface area (Å²) in [4.78, 5) is 20.8. The van der Waals surface area contributed by atoms with Gasteiger partial charge < -0.3 is 0 Å². The predicted molar refractivity (Wildman–Crippen MR) is 106 cm³/mol. The van der Waals surface area contributed by atoms with Crippen molar-refractivity contribution < 1.29 is 4.79 Å². The lowest BCUT2D eigenvalue weighted by Crippen LogP contribution is -1.95. The van der Waals surface area contributed by atoms with Gasteiger partial charge in [0.2, 0.25) is 0 Å². The molecule has 0 radical (unpaired) electrons. The maximum absolute atomic E-state index is 12.2. The number of carbonyl (C=O) groups excluding carboxylic acids is 1. The summed E-state index contributed by atoms with van der Waals surface area (Å²) in [6, 6.07) is 7.99. The van der Waals surface area contributed by atoms with Crippen LogP contribution in [0.15, 0.2) is 72.0 Å². The summed E-state index contributed by atoms with van der Waals surface area (Å²) >= 11 is 3.24. The molecule has 0 fully saturated rings. The number of aromatic nitrogens is 4. The first-order valence-electron chi connectivity index (χ1n) is 7.86. The van der Waals surface area contributed by atoms with Crippen LogP contribution in [0.25, 0.3) is 22.2 Å². The molecule has 0 spiro atoms. The van der Waals surface area contributed by atoms with Crippen LogP contribution in [0, 0.1) is 0 Å². The molecule has 0 atom stereocenters. The number of allylic oxidation sites excluding steroid dienone is 2. The number of nitrogens with zero attached hydrogens (tertiary/aromatic N) is 4.